The van der Waals surface area contributed by atoms with Crippen LogP contribution in [0.5, 0.6) is 17.4 Å². The number of benzene rings is 1. The van der Waals surface area contributed by atoms with Gasteiger partial charge in [0.2, 0.25) is 5.75 Å². The van der Waals surface area contributed by atoms with Gasteiger partial charge in [-0.3, -0.25) is 0 Å². The molecule has 4 N–H and O–H groups in total. The molecule has 2 aromatic rings. The monoisotopic (exact) mass is 262 g/mol. The molecule has 0 spiro atoms. The van der Waals surface area contributed by atoms with E-state index in [1.54, 1.807) is 18.2 Å². The van der Waals surface area contributed by atoms with E-state index in [4.69, 9.17) is 15.3 Å². The van der Waals surface area contributed by atoms with Crippen LogP contribution in [0.3, 0.4) is 0 Å². The Morgan fingerprint density at radius 2 is 2.11 bits per heavy atom. The van der Waals surface area contributed by atoms with Crippen LogP contribution in [0, 0.1) is 0 Å². The van der Waals surface area contributed by atoms with Crippen LogP contribution >= 0.6 is 0 Å². The fourth-order valence-electron chi connectivity index (χ4n) is 1.56. The lowest BCUT2D eigenvalue weighted by molar-refractivity contribution is 0.275. The summed E-state index contributed by atoms with van der Waals surface area (Å²) in [5, 5.41) is 9.25. The molecule has 0 bridgehead atoms. The molecule has 0 atom stereocenters. The average molecular weight is 262 g/mol. The largest absolute Gasteiger partial charge is 0.489 e. The number of aromatic nitrogens is 2. The van der Waals surface area contributed by atoms with Gasteiger partial charge in [0.05, 0.1) is 13.7 Å². The summed E-state index contributed by atoms with van der Waals surface area (Å²) in [6.45, 7) is -0.133. The van der Waals surface area contributed by atoms with Crippen LogP contribution in [0.4, 0.5) is 5.82 Å². The van der Waals surface area contributed by atoms with E-state index < -0.39 is 0 Å². The molecular weight excluding hydrogens is 248 g/mol. The molecule has 0 fully saturated rings. The first-order chi connectivity index (χ1) is 9.30. The topological polar surface area (TPSA) is 103 Å². The first-order valence-corrected chi connectivity index (χ1v) is 5.52. The fourth-order valence-corrected chi connectivity index (χ4v) is 1.56. The number of nitrogens with two attached hydrogens (primary N) is 1. The van der Waals surface area contributed by atoms with Gasteiger partial charge in [-0.15, -0.1) is 0 Å². The summed E-state index contributed by atoms with van der Waals surface area (Å²) >= 11 is 0. The zero-order chi connectivity index (χ0) is 13.7. The minimum Gasteiger partial charge on any atom is -0.489 e. The Kier molecular flexibility index (Phi) is 4.11. The van der Waals surface area contributed by atoms with Gasteiger partial charge in [0.25, 0.3) is 5.88 Å². The van der Waals surface area contributed by atoms with Gasteiger partial charge in [-0.2, -0.15) is 4.98 Å². The molecule has 7 nitrogen and oxygen atoms in total. The van der Waals surface area contributed by atoms with Crippen molar-refractivity contribution in [3.8, 4) is 17.4 Å². The molecule has 0 unspecified atom stereocenters. The van der Waals surface area contributed by atoms with Crippen LogP contribution in [0.15, 0.2) is 30.6 Å². The molecule has 0 aliphatic rings. The van der Waals surface area contributed by atoms with E-state index in [2.05, 4.69) is 15.4 Å². The minimum atomic E-state index is -0.133. The minimum absolute atomic E-state index is 0.133. The third-order valence-electron chi connectivity index (χ3n) is 2.46. The van der Waals surface area contributed by atoms with Crippen molar-refractivity contribution >= 4 is 5.82 Å². The van der Waals surface area contributed by atoms with Crippen LogP contribution in [0.2, 0.25) is 0 Å². The number of ether oxygens (including phenoxy) is 2. The van der Waals surface area contributed by atoms with E-state index in [0.717, 1.165) is 0 Å². The average Bonchev–Trinajstić information content (AvgIpc) is 2.47. The van der Waals surface area contributed by atoms with Crippen molar-refractivity contribution in [2.45, 2.75) is 6.61 Å². The summed E-state index contributed by atoms with van der Waals surface area (Å²) in [6.07, 6.45) is 1.30. The molecule has 1 heterocycles. The second kappa shape index (κ2) is 5.98. The Hall–Kier alpha value is -2.38. The molecule has 0 amide bonds. The van der Waals surface area contributed by atoms with Crippen LogP contribution in [-0.2, 0) is 6.61 Å². The molecule has 0 aliphatic carbocycles. The van der Waals surface area contributed by atoms with E-state index in [1.807, 2.05) is 6.07 Å². The van der Waals surface area contributed by atoms with E-state index in [9.17, 15) is 5.11 Å². The number of aliphatic hydroxyl groups is 1. The summed E-state index contributed by atoms with van der Waals surface area (Å²) in [6, 6.07) is 7.08. The highest BCUT2D eigenvalue weighted by Gasteiger charge is 2.14. The van der Waals surface area contributed by atoms with Crippen molar-refractivity contribution in [3.63, 3.8) is 0 Å². The molecular formula is C12H14N4O3. The van der Waals surface area contributed by atoms with Gasteiger partial charge >= 0.3 is 0 Å². The Balaban J connectivity index is 2.38. The number of methoxy groups -OCH3 is 1. The number of para-hydroxylation sites is 1. The van der Waals surface area contributed by atoms with Crippen molar-refractivity contribution < 1.29 is 14.6 Å². The smallest absolute Gasteiger partial charge is 0.268 e. The van der Waals surface area contributed by atoms with Crippen LogP contribution in [-0.4, -0.2) is 22.2 Å². The number of rotatable bonds is 5. The number of aliphatic hydroxyl groups excluding tert-OH is 1. The Labute approximate surface area is 110 Å². The molecule has 0 radical (unpaired) electrons. The van der Waals surface area contributed by atoms with Gasteiger partial charge in [-0.1, -0.05) is 18.2 Å². The van der Waals surface area contributed by atoms with Crippen LogP contribution in [0.25, 0.3) is 0 Å². The van der Waals surface area contributed by atoms with Crippen molar-refractivity contribution in [1.82, 2.24) is 9.97 Å². The lowest BCUT2D eigenvalue weighted by Gasteiger charge is -2.13. The maximum Gasteiger partial charge on any atom is 0.268 e. The van der Waals surface area contributed by atoms with Gasteiger partial charge in [0.15, 0.2) is 5.82 Å². The predicted octanol–water partition coefficient (Wildman–Crippen LogP) is 1.06. The first-order valence-electron chi connectivity index (χ1n) is 5.52. The van der Waals surface area contributed by atoms with Gasteiger partial charge < -0.3 is 20.0 Å². The Bertz CT molecular complexity index is 562. The van der Waals surface area contributed by atoms with Gasteiger partial charge in [0.1, 0.15) is 12.1 Å². The highest BCUT2D eigenvalue weighted by molar-refractivity contribution is 5.55. The number of nitrogens with one attached hydrogen (secondary N) is 1. The van der Waals surface area contributed by atoms with Crippen molar-refractivity contribution in [1.29, 1.82) is 0 Å². The van der Waals surface area contributed by atoms with E-state index >= 15 is 0 Å². The van der Waals surface area contributed by atoms with Gasteiger partial charge in [-0.05, 0) is 6.07 Å². The number of hydrazine groups is 1. The van der Waals surface area contributed by atoms with Crippen molar-refractivity contribution in [2.75, 3.05) is 12.5 Å². The summed E-state index contributed by atoms with van der Waals surface area (Å²) in [5.41, 5.74) is 3.04. The number of anilines is 1. The van der Waals surface area contributed by atoms with Crippen LogP contribution < -0.4 is 20.7 Å². The molecule has 0 saturated heterocycles. The standard InChI is InChI=1S/C12H14N4O3/c1-18-10-11(16-13)14-7-15-12(10)19-9-5-3-2-4-8(9)6-17/h2-5,7,17H,6,13H2,1H3,(H,14,15,16). The molecule has 7 heteroatoms. The highest BCUT2D eigenvalue weighted by atomic mass is 16.5. The van der Waals surface area contributed by atoms with E-state index in [1.165, 1.54) is 13.4 Å². The zero-order valence-corrected chi connectivity index (χ0v) is 10.3. The summed E-state index contributed by atoms with van der Waals surface area (Å²) in [5.74, 6) is 6.64. The first kappa shape index (κ1) is 13.1. The molecule has 100 valence electrons. The summed E-state index contributed by atoms with van der Waals surface area (Å²) in [4.78, 5) is 7.90. The lowest BCUT2D eigenvalue weighted by atomic mass is 10.2. The van der Waals surface area contributed by atoms with Gasteiger partial charge in [0, 0.05) is 5.56 Å². The quantitative estimate of drug-likeness (QED) is 0.546. The molecule has 0 aliphatic heterocycles. The van der Waals surface area contributed by atoms with Crippen molar-refractivity contribution in [3.05, 3.63) is 36.2 Å². The third kappa shape index (κ3) is 2.72. The van der Waals surface area contributed by atoms with E-state index in [-0.39, 0.29) is 18.2 Å². The zero-order valence-electron chi connectivity index (χ0n) is 10.3. The lowest BCUT2D eigenvalue weighted by Crippen LogP contribution is -2.11. The Morgan fingerprint density at radius 3 is 2.79 bits per heavy atom. The number of hydrogen-bond acceptors (Lipinski definition) is 7. The molecule has 1 aromatic carbocycles. The molecule has 19 heavy (non-hydrogen) atoms. The number of nitrogen functional groups attached to an aromatic ring is 1. The molecule has 2 rings (SSSR count). The SMILES string of the molecule is COc1c(NN)ncnc1Oc1ccccc1CO. The number of nitrogens with zero attached hydrogens (tertiary/aromatic N) is 2. The third-order valence-corrected chi connectivity index (χ3v) is 2.46. The molecule has 0 saturated carbocycles. The Morgan fingerprint density at radius 1 is 1.32 bits per heavy atom. The maximum atomic E-state index is 9.25. The summed E-state index contributed by atoms with van der Waals surface area (Å²) in [7, 11) is 1.46. The highest BCUT2D eigenvalue weighted by Crippen LogP contribution is 2.34. The fraction of sp³-hybridized carbons (Fsp3) is 0.167. The number of hydrogen-bond donors (Lipinski definition) is 3. The molecule has 1 aromatic heterocycles. The maximum absolute atomic E-state index is 9.25. The van der Waals surface area contributed by atoms with E-state index in [0.29, 0.717) is 17.1 Å². The van der Waals surface area contributed by atoms with Gasteiger partial charge in [-0.25, -0.2) is 10.8 Å². The normalized spacial score (nSPS) is 10.1. The second-order valence-corrected chi connectivity index (χ2v) is 3.57. The second-order valence-electron chi connectivity index (χ2n) is 3.57. The van der Waals surface area contributed by atoms with Crippen molar-refractivity contribution in [2.24, 2.45) is 5.84 Å². The van der Waals surface area contributed by atoms with Crippen LogP contribution in [0.1, 0.15) is 5.56 Å². The predicted molar refractivity (Wildman–Crippen MR) is 68.8 cm³/mol. The summed E-state index contributed by atoms with van der Waals surface area (Å²) < 4.78 is 10.8.